The van der Waals surface area contributed by atoms with Gasteiger partial charge in [0.15, 0.2) is 0 Å². The first-order chi connectivity index (χ1) is 42.4. The van der Waals surface area contributed by atoms with Crippen LogP contribution in [0, 0.1) is 5.41 Å². The van der Waals surface area contributed by atoms with Crippen LogP contribution in [0.1, 0.15) is 416 Å². The number of carbonyl (C=O) groups excluding carboxylic acids is 4. The zero-order chi connectivity index (χ0) is 62.0. The number of ether oxygens (including phenoxy) is 4. The Morgan fingerprint density at radius 3 is 0.616 bits per heavy atom. The standard InChI is InChI=1S/C78H142O8/c1-4-7-10-13-16-19-22-25-28-31-34-37-40-43-46-49-52-55-61-66-74(79)83-69-78(72-86-77(82)73-64-59-58-60-65-73,70-84-75(80)67-62-56-53-50-47-44-41-38-35-32-29-26-23-20-17-14-11-8-5-2)71-85-76(81)68-63-57-54-51-48-45-42-39-36-33-30-27-24-21-18-15-12-9-6-3/h58-60,64-65H,4-57,61-63,66-72H2,1-3H3. The molecule has 0 saturated heterocycles. The minimum Gasteiger partial charge on any atom is -0.465 e. The molecular formula is C78H142O8. The lowest BCUT2D eigenvalue weighted by Gasteiger charge is -2.31. The number of benzene rings is 1. The van der Waals surface area contributed by atoms with Crippen LogP contribution in [0.4, 0.5) is 0 Å². The van der Waals surface area contributed by atoms with Gasteiger partial charge >= 0.3 is 23.9 Å². The van der Waals surface area contributed by atoms with E-state index in [9.17, 15) is 19.2 Å². The Labute approximate surface area is 533 Å². The minimum atomic E-state index is -1.26. The first kappa shape index (κ1) is 81.1. The summed E-state index contributed by atoms with van der Waals surface area (Å²) < 4.78 is 23.7. The first-order valence-electron chi connectivity index (χ1n) is 38.0. The van der Waals surface area contributed by atoms with E-state index in [2.05, 4.69) is 20.8 Å². The SMILES string of the molecule is CCCCCCCCCCCCCCCCCCCCCC(=O)OCC(COC(=O)CCCCCCCCCCCCCCCCCCCCC)(COC(=O)CCCCCCCCCCCCCCCCCCCCC)COC(=O)c1ccccc1. The van der Waals surface area contributed by atoms with E-state index in [4.69, 9.17) is 18.9 Å². The van der Waals surface area contributed by atoms with Gasteiger partial charge in [-0.15, -0.1) is 0 Å². The van der Waals surface area contributed by atoms with Crippen molar-refractivity contribution >= 4 is 23.9 Å². The highest BCUT2D eigenvalue weighted by atomic mass is 16.6. The van der Waals surface area contributed by atoms with E-state index in [0.29, 0.717) is 5.56 Å². The molecule has 0 saturated carbocycles. The molecule has 0 spiro atoms. The first-order valence-corrected chi connectivity index (χ1v) is 38.0. The fourth-order valence-electron chi connectivity index (χ4n) is 12.1. The van der Waals surface area contributed by atoms with Crippen LogP contribution in [0.15, 0.2) is 30.3 Å². The zero-order valence-corrected chi connectivity index (χ0v) is 57.4. The second-order valence-electron chi connectivity index (χ2n) is 26.8. The summed E-state index contributed by atoms with van der Waals surface area (Å²) in [6, 6.07) is 8.75. The summed E-state index contributed by atoms with van der Waals surface area (Å²) in [5, 5.41) is 0. The molecule has 0 radical (unpaired) electrons. The molecule has 8 heteroatoms. The molecule has 0 bridgehead atoms. The molecule has 0 aliphatic rings. The third-order valence-electron chi connectivity index (χ3n) is 18.1. The third kappa shape index (κ3) is 56.3. The molecule has 8 nitrogen and oxygen atoms in total. The number of unbranched alkanes of at least 4 members (excludes halogenated alkanes) is 54. The number of rotatable bonds is 69. The molecular weight excluding hydrogens is 1060 g/mol. The number of carbonyl (C=O) groups is 4. The molecule has 1 rings (SSSR count). The van der Waals surface area contributed by atoms with Crippen LogP contribution in [0.2, 0.25) is 0 Å². The Hall–Kier alpha value is -2.90. The fraction of sp³-hybridized carbons (Fsp3) is 0.872. The Morgan fingerprint density at radius 1 is 0.244 bits per heavy atom. The molecule has 0 aliphatic heterocycles. The monoisotopic (exact) mass is 1210 g/mol. The zero-order valence-electron chi connectivity index (χ0n) is 57.4. The quantitative estimate of drug-likeness (QED) is 0.0361. The molecule has 0 heterocycles. The highest BCUT2D eigenvalue weighted by Gasteiger charge is 2.38. The van der Waals surface area contributed by atoms with Crippen LogP contribution in [0.25, 0.3) is 0 Å². The summed E-state index contributed by atoms with van der Waals surface area (Å²) in [7, 11) is 0. The average molecular weight is 1210 g/mol. The maximum atomic E-state index is 13.4. The van der Waals surface area contributed by atoms with Crippen LogP contribution in [-0.2, 0) is 33.3 Å². The van der Waals surface area contributed by atoms with Crippen LogP contribution >= 0.6 is 0 Å². The van der Waals surface area contributed by atoms with E-state index in [1.54, 1.807) is 24.3 Å². The summed E-state index contributed by atoms with van der Waals surface area (Å²) in [6.07, 6.45) is 74.2. The molecule has 0 fully saturated rings. The number of hydrogen-bond acceptors (Lipinski definition) is 8. The van der Waals surface area contributed by atoms with Gasteiger partial charge < -0.3 is 18.9 Å². The maximum absolute atomic E-state index is 13.4. The van der Waals surface area contributed by atoms with E-state index < -0.39 is 11.4 Å². The van der Waals surface area contributed by atoms with Gasteiger partial charge in [0, 0.05) is 19.3 Å². The molecule has 0 atom stereocenters. The topological polar surface area (TPSA) is 105 Å². The van der Waals surface area contributed by atoms with Crippen molar-refractivity contribution < 1.29 is 38.1 Å². The van der Waals surface area contributed by atoms with Crippen LogP contribution in [-0.4, -0.2) is 50.3 Å². The van der Waals surface area contributed by atoms with Crippen LogP contribution in [0.3, 0.4) is 0 Å². The second kappa shape index (κ2) is 65.1. The van der Waals surface area contributed by atoms with Gasteiger partial charge in [0.05, 0.1) is 5.56 Å². The lowest BCUT2D eigenvalue weighted by atomic mass is 9.92. The van der Waals surface area contributed by atoms with E-state index in [1.165, 1.54) is 308 Å². The van der Waals surface area contributed by atoms with Crippen LogP contribution < -0.4 is 0 Å². The highest BCUT2D eigenvalue weighted by molar-refractivity contribution is 5.89. The summed E-state index contributed by atoms with van der Waals surface area (Å²) in [5.41, 5.74) is -0.884. The van der Waals surface area contributed by atoms with E-state index >= 15 is 0 Å². The van der Waals surface area contributed by atoms with Gasteiger partial charge in [0.1, 0.15) is 31.8 Å². The average Bonchev–Trinajstić information content (AvgIpc) is 3.69. The lowest BCUT2D eigenvalue weighted by molar-refractivity contribution is -0.165. The van der Waals surface area contributed by atoms with Crippen molar-refractivity contribution in [2.24, 2.45) is 5.41 Å². The minimum absolute atomic E-state index is 0.202. The van der Waals surface area contributed by atoms with Gasteiger partial charge in [-0.25, -0.2) is 4.79 Å². The summed E-state index contributed by atoms with van der Waals surface area (Å²) in [6.45, 7) is 6.00. The summed E-state index contributed by atoms with van der Waals surface area (Å²) in [4.78, 5) is 53.4. The summed E-state index contributed by atoms with van der Waals surface area (Å²) >= 11 is 0. The maximum Gasteiger partial charge on any atom is 0.338 e. The van der Waals surface area contributed by atoms with Crippen molar-refractivity contribution in [3.8, 4) is 0 Å². The number of esters is 4. The largest absolute Gasteiger partial charge is 0.465 e. The molecule has 0 unspecified atom stereocenters. The van der Waals surface area contributed by atoms with Crippen molar-refractivity contribution in [1.29, 1.82) is 0 Å². The van der Waals surface area contributed by atoms with E-state index in [1.807, 2.05) is 6.07 Å². The lowest BCUT2D eigenvalue weighted by Crippen LogP contribution is -2.44. The molecule has 0 aromatic heterocycles. The smallest absolute Gasteiger partial charge is 0.338 e. The number of hydrogen-bond donors (Lipinski definition) is 0. The van der Waals surface area contributed by atoms with Crippen LogP contribution in [0.5, 0.6) is 0 Å². The van der Waals surface area contributed by atoms with Crippen molar-refractivity contribution in [2.45, 2.75) is 406 Å². The summed E-state index contributed by atoms with van der Waals surface area (Å²) in [5.74, 6) is -1.60. The van der Waals surface area contributed by atoms with Crippen molar-refractivity contribution in [1.82, 2.24) is 0 Å². The third-order valence-corrected chi connectivity index (χ3v) is 18.1. The second-order valence-corrected chi connectivity index (χ2v) is 26.8. The Balaban J connectivity index is 2.62. The molecule has 1 aromatic carbocycles. The van der Waals surface area contributed by atoms with Gasteiger partial charge in [-0.05, 0) is 31.4 Å². The van der Waals surface area contributed by atoms with E-state index in [-0.39, 0.29) is 63.6 Å². The van der Waals surface area contributed by atoms with Gasteiger partial charge in [0.25, 0.3) is 0 Å². The van der Waals surface area contributed by atoms with Gasteiger partial charge in [-0.2, -0.15) is 0 Å². The van der Waals surface area contributed by atoms with Gasteiger partial charge in [0.2, 0.25) is 0 Å². The normalized spacial score (nSPS) is 11.6. The van der Waals surface area contributed by atoms with Crippen molar-refractivity contribution in [3.63, 3.8) is 0 Å². The van der Waals surface area contributed by atoms with Crippen molar-refractivity contribution in [3.05, 3.63) is 35.9 Å². The van der Waals surface area contributed by atoms with E-state index in [0.717, 1.165) is 57.8 Å². The van der Waals surface area contributed by atoms with Crippen molar-refractivity contribution in [2.75, 3.05) is 26.4 Å². The predicted octanol–water partition coefficient (Wildman–Crippen LogP) is 24.9. The Bertz CT molecular complexity index is 1450. The van der Waals surface area contributed by atoms with Gasteiger partial charge in [-0.3, -0.25) is 14.4 Å². The molecule has 0 aliphatic carbocycles. The molecule has 502 valence electrons. The Kier molecular flexibility index (Phi) is 61.4. The molecule has 0 amide bonds. The molecule has 0 N–H and O–H groups in total. The fourth-order valence-corrected chi connectivity index (χ4v) is 12.1. The highest BCUT2D eigenvalue weighted by Crippen LogP contribution is 2.25. The molecule has 86 heavy (non-hydrogen) atoms. The predicted molar refractivity (Wildman–Crippen MR) is 366 cm³/mol. The Morgan fingerprint density at radius 2 is 0.419 bits per heavy atom. The molecule has 1 aromatic rings. The van der Waals surface area contributed by atoms with Gasteiger partial charge in [-0.1, -0.05) is 386 Å².